The minimum Gasteiger partial charge on any atom is -0.358 e. The van der Waals surface area contributed by atoms with E-state index in [1.165, 1.54) is 12.8 Å². The van der Waals surface area contributed by atoms with Crippen LogP contribution in [0.2, 0.25) is 0 Å². The van der Waals surface area contributed by atoms with Crippen molar-refractivity contribution in [3.8, 4) is 0 Å². The van der Waals surface area contributed by atoms with E-state index >= 15 is 0 Å². The number of hydrogen-bond donors (Lipinski definition) is 2. The topological polar surface area (TPSA) is 78.1 Å². The molecule has 6 nitrogen and oxygen atoms in total. The molecule has 6 heteroatoms. The molecule has 3 heterocycles. The zero-order chi connectivity index (χ0) is 22.9. The summed E-state index contributed by atoms with van der Waals surface area (Å²) in [6, 6.07) is 10.0. The maximum absolute atomic E-state index is 13.5. The quantitative estimate of drug-likeness (QED) is 0.602. The van der Waals surface area contributed by atoms with Crippen LogP contribution in [-0.2, 0) is 0 Å². The molecule has 1 aliphatic heterocycles. The Hall–Kier alpha value is -3.15. The monoisotopic (exact) mass is 444 g/mol. The summed E-state index contributed by atoms with van der Waals surface area (Å²) >= 11 is 0. The average molecular weight is 445 g/mol. The van der Waals surface area contributed by atoms with Crippen molar-refractivity contribution in [1.82, 2.24) is 20.2 Å². The lowest BCUT2D eigenvalue weighted by Crippen LogP contribution is -2.39. The van der Waals surface area contributed by atoms with E-state index < -0.39 is 0 Å². The number of aromatic nitrogens is 2. The van der Waals surface area contributed by atoms with Crippen molar-refractivity contribution in [2.45, 2.75) is 64.3 Å². The molecule has 1 aliphatic carbocycles. The fourth-order valence-electron chi connectivity index (χ4n) is 5.42. The van der Waals surface area contributed by atoms with Gasteiger partial charge in [-0.3, -0.25) is 14.6 Å². The number of rotatable bonds is 4. The van der Waals surface area contributed by atoms with E-state index in [1.54, 1.807) is 6.20 Å². The second-order valence-electron chi connectivity index (χ2n) is 9.62. The van der Waals surface area contributed by atoms with Gasteiger partial charge in [-0.25, -0.2) is 0 Å². The van der Waals surface area contributed by atoms with Crippen LogP contribution in [0.1, 0.15) is 82.1 Å². The van der Waals surface area contributed by atoms with E-state index in [0.29, 0.717) is 18.2 Å². The van der Waals surface area contributed by atoms with E-state index in [4.69, 9.17) is 0 Å². The lowest BCUT2D eigenvalue weighted by Gasteiger charge is -2.33. The van der Waals surface area contributed by atoms with Gasteiger partial charge >= 0.3 is 0 Å². The van der Waals surface area contributed by atoms with Crippen molar-refractivity contribution < 1.29 is 9.59 Å². The first-order chi connectivity index (χ1) is 16.0. The number of nitrogens with zero attached hydrogens (tertiary/aromatic N) is 2. The van der Waals surface area contributed by atoms with Crippen molar-refractivity contribution in [2.24, 2.45) is 0 Å². The summed E-state index contributed by atoms with van der Waals surface area (Å²) in [7, 11) is 0. The summed E-state index contributed by atoms with van der Waals surface area (Å²) in [5, 5.41) is 4.15. The molecule has 0 unspecified atom stereocenters. The molecule has 172 valence electrons. The van der Waals surface area contributed by atoms with Gasteiger partial charge in [0.1, 0.15) is 0 Å². The second-order valence-corrected chi connectivity index (χ2v) is 9.62. The lowest BCUT2D eigenvalue weighted by molar-refractivity contribution is 0.0707. The molecule has 0 radical (unpaired) electrons. The predicted octanol–water partition coefficient (Wildman–Crippen LogP) is 4.87. The van der Waals surface area contributed by atoms with Crippen molar-refractivity contribution in [3.05, 3.63) is 64.6 Å². The van der Waals surface area contributed by atoms with Crippen LogP contribution in [0.5, 0.6) is 0 Å². The molecule has 3 aromatic rings. The fourth-order valence-corrected chi connectivity index (χ4v) is 5.42. The van der Waals surface area contributed by atoms with E-state index in [-0.39, 0.29) is 17.7 Å². The molecular weight excluding hydrogens is 412 g/mol. The number of piperidine rings is 1. The van der Waals surface area contributed by atoms with Crippen molar-refractivity contribution in [3.63, 3.8) is 0 Å². The number of amides is 2. The van der Waals surface area contributed by atoms with Gasteiger partial charge in [-0.15, -0.1) is 0 Å². The number of fused-ring (bicyclic) bond motifs is 1. The van der Waals surface area contributed by atoms with E-state index in [1.807, 2.05) is 42.2 Å². The third kappa shape index (κ3) is 4.26. The molecule has 1 saturated heterocycles. The number of carbonyl (C=O) groups excluding carboxylic acids is 2. The van der Waals surface area contributed by atoms with Gasteiger partial charge in [0.2, 0.25) is 0 Å². The minimum absolute atomic E-state index is 0.0355. The molecule has 0 spiro atoms. The Bertz CT molecular complexity index is 1170. The Morgan fingerprint density at radius 2 is 1.88 bits per heavy atom. The lowest BCUT2D eigenvalue weighted by atomic mass is 9.93. The highest BCUT2D eigenvalue weighted by Gasteiger charge is 2.28. The van der Waals surface area contributed by atoms with Gasteiger partial charge in [0, 0.05) is 59.1 Å². The van der Waals surface area contributed by atoms with Crippen molar-refractivity contribution in [1.29, 1.82) is 0 Å². The molecule has 1 saturated carbocycles. The molecule has 1 aromatic carbocycles. The van der Waals surface area contributed by atoms with E-state index in [9.17, 15) is 9.59 Å². The fraction of sp³-hybridized carbons (Fsp3) is 0.444. The van der Waals surface area contributed by atoms with Gasteiger partial charge in [0.05, 0.1) is 5.56 Å². The molecule has 2 amide bonds. The number of likely N-dealkylation sites (tertiary alicyclic amines) is 1. The van der Waals surface area contributed by atoms with E-state index in [2.05, 4.69) is 22.2 Å². The van der Waals surface area contributed by atoms with Crippen LogP contribution in [0.15, 0.2) is 36.5 Å². The Morgan fingerprint density at radius 3 is 2.64 bits per heavy atom. The number of aryl methyl sites for hydroxylation is 2. The summed E-state index contributed by atoms with van der Waals surface area (Å²) in [5.41, 5.74) is 5.58. The molecule has 5 rings (SSSR count). The third-order valence-electron chi connectivity index (χ3n) is 7.42. The summed E-state index contributed by atoms with van der Waals surface area (Å²) < 4.78 is 0. The maximum atomic E-state index is 13.5. The van der Waals surface area contributed by atoms with Crippen LogP contribution >= 0.6 is 0 Å². The molecular formula is C27H32N4O2. The smallest absolute Gasteiger partial charge is 0.254 e. The number of benzene rings is 1. The van der Waals surface area contributed by atoms with Gasteiger partial charge < -0.3 is 15.2 Å². The van der Waals surface area contributed by atoms with Gasteiger partial charge in [-0.2, -0.15) is 0 Å². The summed E-state index contributed by atoms with van der Waals surface area (Å²) in [6.07, 6.45) is 8.15. The standard InChI is InChI=1S/C27H32N4O2/c1-17-18(2)29-24-11-5-10-22(25(17)24)27(33)31-14-6-7-20(16-31)23-13-12-19(15-28-23)26(32)30-21-8-3-4-9-21/h5,10-13,15,20-21,29H,3-4,6-9,14,16H2,1-2H3,(H,30,32)/t20-/m0/s1. The normalized spacial score (nSPS) is 19.2. The van der Waals surface area contributed by atoms with E-state index in [0.717, 1.165) is 65.6 Å². The van der Waals surface area contributed by atoms with Gasteiger partial charge in [0.15, 0.2) is 0 Å². The Labute approximate surface area is 194 Å². The molecule has 33 heavy (non-hydrogen) atoms. The molecule has 2 fully saturated rings. The Balaban J connectivity index is 1.30. The minimum atomic E-state index is -0.0355. The van der Waals surface area contributed by atoms with Crippen LogP contribution in [0.3, 0.4) is 0 Å². The van der Waals surface area contributed by atoms with Crippen LogP contribution in [0.4, 0.5) is 0 Å². The van der Waals surface area contributed by atoms with Crippen LogP contribution in [0.25, 0.3) is 10.9 Å². The first-order valence-corrected chi connectivity index (χ1v) is 12.1. The number of aromatic amines is 1. The highest BCUT2D eigenvalue weighted by molar-refractivity contribution is 6.08. The average Bonchev–Trinajstić information content (AvgIpc) is 3.46. The number of nitrogens with one attached hydrogen (secondary N) is 2. The Kier molecular flexibility index (Phi) is 5.92. The van der Waals surface area contributed by atoms with Crippen molar-refractivity contribution >= 4 is 22.7 Å². The maximum Gasteiger partial charge on any atom is 0.254 e. The molecule has 0 bridgehead atoms. The molecule has 2 aliphatic rings. The van der Waals surface area contributed by atoms with Gasteiger partial charge in [0.25, 0.3) is 11.8 Å². The highest BCUT2D eigenvalue weighted by Crippen LogP contribution is 2.30. The van der Waals surface area contributed by atoms with Crippen LogP contribution < -0.4 is 5.32 Å². The molecule has 1 atom stereocenters. The summed E-state index contributed by atoms with van der Waals surface area (Å²) in [6.45, 7) is 5.52. The number of pyridine rings is 1. The first-order valence-electron chi connectivity index (χ1n) is 12.1. The Morgan fingerprint density at radius 1 is 1.06 bits per heavy atom. The zero-order valence-electron chi connectivity index (χ0n) is 19.5. The van der Waals surface area contributed by atoms with Crippen molar-refractivity contribution in [2.75, 3.05) is 13.1 Å². The number of H-pyrrole nitrogens is 1. The zero-order valence-corrected chi connectivity index (χ0v) is 19.5. The highest BCUT2D eigenvalue weighted by atomic mass is 16.2. The largest absolute Gasteiger partial charge is 0.358 e. The molecule has 2 N–H and O–H groups in total. The predicted molar refractivity (Wildman–Crippen MR) is 130 cm³/mol. The van der Waals surface area contributed by atoms with Crippen LogP contribution in [0, 0.1) is 13.8 Å². The van der Waals surface area contributed by atoms with Gasteiger partial charge in [-0.1, -0.05) is 18.9 Å². The molecule has 2 aromatic heterocycles. The second kappa shape index (κ2) is 9.00. The summed E-state index contributed by atoms with van der Waals surface area (Å²) in [4.78, 5) is 36.0. The summed E-state index contributed by atoms with van der Waals surface area (Å²) in [5.74, 6) is 0.231. The number of hydrogen-bond acceptors (Lipinski definition) is 3. The van der Waals surface area contributed by atoms with Crippen LogP contribution in [-0.4, -0.2) is 45.8 Å². The first kappa shape index (κ1) is 21.7. The number of carbonyl (C=O) groups is 2. The SMILES string of the molecule is Cc1[nH]c2cccc(C(=O)N3CCC[C@H](c4ccc(C(=O)NC5CCCC5)cn4)C3)c2c1C. The third-order valence-corrected chi connectivity index (χ3v) is 7.42. The van der Waals surface area contributed by atoms with Gasteiger partial charge in [-0.05, 0) is 69.4 Å².